The number of methoxy groups -OCH3 is 2. The summed E-state index contributed by atoms with van der Waals surface area (Å²) in [4.78, 5) is 26.6. The van der Waals surface area contributed by atoms with E-state index >= 15 is 0 Å². The molecule has 0 aliphatic carbocycles. The van der Waals surface area contributed by atoms with Crippen LogP contribution in [0.1, 0.15) is 38.3 Å². The molecule has 0 unspecified atom stereocenters. The minimum absolute atomic E-state index is 0.0699. The SMILES string of the molecule is CCc1cccc(CC)c1N(CCC(=O)Nc1ccc(OC)c(OC)c1)C(C)=O. The van der Waals surface area contributed by atoms with Crippen molar-refractivity contribution >= 4 is 23.2 Å². The van der Waals surface area contributed by atoms with Crippen molar-refractivity contribution in [1.29, 1.82) is 0 Å². The van der Waals surface area contributed by atoms with Crippen molar-refractivity contribution in [1.82, 2.24) is 0 Å². The number of hydrogen-bond donors (Lipinski definition) is 1. The molecule has 0 radical (unpaired) electrons. The zero-order valence-corrected chi connectivity index (χ0v) is 17.9. The average Bonchev–Trinajstić information content (AvgIpc) is 2.73. The number of rotatable bonds is 9. The Morgan fingerprint density at radius 3 is 2.10 bits per heavy atom. The van der Waals surface area contributed by atoms with Gasteiger partial charge in [0, 0.05) is 37.3 Å². The number of carbonyl (C=O) groups is 2. The van der Waals surface area contributed by atoms with Crippen molar-refractivity contribution in [3.05, 3.63) is 47.5 Å². The summed E-state index contributed by atoms with van der Waals surface area (Å²) in [6.07, 6.45) is 1.84. The molecule has 2 rings (SSSR count). The van der Waals surface area contributed by atoms with Gasteiger partial charge in [-0.05, 0) is 36.1 Å². The third kappa shape index (κ3) is 5.50. The van der Waals surface area contributed by atoms with E-state index in [0.29, 0.717) is 23.7 Å². The molecule has 29 heavy (non-hydrogen) atoms. The summed E-state index contributed by atoms with van der Waals surface area (Å²) in [5.74, 6) is 0.895. The molecule has 0 saturated heterocycles. The first-order chi connectivity index (χ1) is 13.9. The Bertz CT molecular complexity index is 842. The number of nitrogens with one attached hydrogen (secondary N) is 1. The number of para-hydroxylation sites is 1. The molecule has 6 nitrogen and oxygen atoms in total. The molecule has 0 fully saturated rings. The maximum Gasteiger partial charge on any atom is 0.226 e. The van der Waals surface area contributed by atoms with Crippen molar-refractivity contribution in [3.8, 4) is 11.5 Å². The maximum atomic E-state index is 12.5. The van der Waals surface area contributed by atoms with E-state index in [4.69, 9.17) is 9.47 Å². The first kappa shape index (κ1) is 22.3. The highest BCUT2D eigenvalue weighted by Crippen LogP contribution is 2.30. The summed E-state index contributed by atoms with van der Waals surface area (Å²) in [5, 5.41) is 2.86. The van der Waals surface area contributed by atoms with E-state index in [2.05, 4.69) is 19.2 Å². The number of hydrogen-bond acceptors (Lipinski definition) is 4. The molecule has 0 saturated carbocycles. The van der Waals surface area contributed by atoms with E-state index in [0.717, 1.165) is 29.7 Å². The predicted octanol–water partition coefficient (Wildman–Crippen LogP) is 4.21. The molecule has 156 valence electrons. The fraction of sp³-hybridized carbons (Fsp3) is 0.391. The highest BCUT2D eigenvalue weighted by atomic mass is 16.5. The Balaban J connectivity index is 2.14. The van der Waals surface area contributed by atoms with E-state index < -0.39 is 0 Å². The lowest BCUT2D eigenvalue weighted by molar-refractivity contribution is -0.117. The van der Waals surface area contributed by atoms with Gasteiger partial charge < -0.3 is 19.7 Å². The zero-order chi connectivity index (χ0) is 21.4. The molecule has 0 atom stereocenters. The summed E-state index contributed by atoms with van der Waals surface area (Å²) < 4.78 is 10.5. The van der Waals surface area contributed by atoms with Crippen LogP contribution in [0.25, 0.3) is 0 Å². The van der Waals surface area contributed by atoms with Crippen LogP contribution in [0.3, 0.4) is 0 Å². The number of nitrogens with zero attached hydrogens (tertiary/aromatic N) is 1. The molecule has 0 bridgehead atoms. The Kier molecular flexibility index (Phi) is 8.07. The normalized spacial score (nSPS) is 10.4. The lowest BCUT2D eigenvalue weighted by atomic mass is 10.0. The molecule has 0 heterocycles. The van der Waals surface area contributed by atoms with E-state index in [-0.39, 0.29) is 18.2 Å². The van der Waals surface area contributed by atoms with Crippen LogP contribution in [-0.2, 0) is 22.4 Å². The largest absolute Gasteiger partial charge is 0.493 e. The average molecular weight is 399 g/mol. The number of amides is 2. The lowest BCUT2D eigenvalue weighted by Gasteiger charge is -2.26. The number of aryl methyl sites for hydroxylation is 2. The fourth-order valence-electron chi connectivity index (χ4n) is 3.34. The number of benzene rings is 2. The van der Waals surface area contributed by atoms with Crippen LogP contribution >= 0.6 is 0 Å². The number of anilines is 2. The van der Waals surface area contributed by atoms with E-state index in [1.165, 1.54) is 6.92 Å². The lowest BCUT2D eigenvalue weighted by Crippen LogP contribution is -2.33. The molecular weight excluding hydrogens is 368 g/mol. The maximum absolute atomic E-state index is 12.5. The fourth-order valence-corrected chi connectivity index (χ4v) is 3.34. The van der Waals surface area contributed by atoms with Gasteiger partial charge in [-0.2, -0.15) is 0 Å². The van der Waals surface area contributed by atoms with E-state index in [1.54, 1.807) is 37.3 Å². The van der Waals surface area contributed by atoms with Crippen molar-refractivity contribution in [2.75, 3.05) is 31.0 Å². The van der Waals surface area contributed by atoms with Gasteiger partial charge in [-0.3, -0.25) is 9.59 Å². The summed E-state index contributed by atoms with van der Waals surface area (Å²) in [6, 6.07) is 11.3. The molecule has 2 amide bonds. The van der Waals surface area contributed by atoms with Gasteiger partial charge in [0.15, 0.2) is 11.5 Å². The van der Waals surface area contributed by atoms with Crippen LogP contribution in [0.4, 0.5) is 11.4 Å². The van der Waals surface area contributed by atoms with Gasteiger partial charge in [-0.1, -0.05) is 32.0 Å². The second-order valence-corrected chi connectivity index (χ2v) is 6.67. The first-order valence-corrected chi connectivity index (χ1v) is 9.85. The molecular formula is C23H30N2O4. The molecule has 2 aromatic carbocycles. The molecule has 1 N–H and O–H groups in total. The topological polar surface area (TPSA) is 67.9 Å². The summed E-state index contributed by atoms with van der Waals surface area (Å²) in [6.45, 7) is 6.00. The molecule has 0 aromatic heterocycles. The Hall–Kier alpha value is -3.02. The smallest absolute Gasteiger partial charge is 0.226 e. The van der Waals surface area contributed by atoms with Gasteiger partial charge >= 0.3 is 0 Å². The highest BCUT2D eigenvalue weighted by Gasteiger charge is 2.19. The minimum atomic E-state index is -0.171. The van der Waals surface area contributed by atoms with Crippen LogP contribution in [-0.4, -0.2) is 32.6 Å². The van der Waals surface area contributed by atoms with Crippen molar-refractivity contribution in [2.24, 2.45) is 0 Å². The monoisotopic (exact) mass is 398 g/mol. The number of carbonyl (C=O) groups excluding carboxylic acids is 2. The molecule has 2 aromatic rings. The third-order valence-corrected chi connectivity index (χ3v) is 4.84. The van der Waals surface area contributed by atoms with Gasteiger partial charge in [0.1, 0.15) is 0 Å². The summed E-state index contributed by atoms with van der Waals surface area (Å²) in [7, 11) is 3.11. The number of ether oxygens (including phenoxy) is 2. The van der Waals surface area contributed by atoms with Gasteiger partial charge in [0.05, 0.1) is 14.2 Å². The Morgan fingerprint density at radius 1 is 0.966 bits per heavy atom. The van der Waals surface area contributed by atoms with Gasteiger partial charge in [-0.25, -0.2) is 0 Å². The molecule has 0 spiro atoms. The van der Waals surface area contributed by atoms with Crippen LogP contribution in [0.15, 0.2) is 36.4 Å². The minimum Gasteiger partial charge on any atom is -0.493 e. The van der Waals surface area contributed by atoms with Crippen LogP contribution < -0.4 is 19.7 Å². The second kappa shape index (κ2) is 10.5. The van der Waals surface area contributed by atoms with Crippen LogP contribution in [0.2, 0.25) is 0 Å². The van der Waals surface area contributed by atoms with Crippen molar-refractivity contribution in [2.45, 2.75) is 40.0 Å². The molecule has 6 heteroatoms. The van der Waals surface area contributed by atoms with Gasteiger partial charge in [-0.15, -0.1) is 0 Å². The van der Waals surface area contributed by atoms with Crippen LogP contribution in [0, 0.1) is 0 Å². The second-order valence-electron chi connectivity index (χ2n) is 6.67. The Morgan fingerprint density at radius 2 is 1.59 bits per heavy atom. The summed E-state index contributed by atoms with van der Waals surface area (Å²) >= 11 is 0. The highest BCUT2D eigenvalue weighted by molar-refractivity contribution is 5.96. The first-order valence-electron chi connectivity index (χ1n) is 9.85. The standard InChI is InChI=1S/C23H30N2O4/c1-6-17-9-8-10-18(7-2)23(17)25(16(3)26)14-13-22(27)24-19-11-12-20(28-4)21(15-19)29-5/h8-12,15H,6-7,13-14H2,1-5H3,(H,24,27). The molecule has 0 aliphatic heterocycles. The predicted molar refractivity (Wildman–Crippen MR) is 116 cm³/mol. The third-order valence-electron chi connectivity index (χ3n) is 4.84. The Labute approximate surface area is 172 Å². The van der Waals surface area contributed by atoms with Crippen LogP contribution in [0.5, 0.6) is 11.5 Å². The van der Waals surface area contributed by atoms with E-state index in [9.17, 15) is 9.59 Å². The summed E-state index contributed by atoms with van der Waals surface area (Å²) in [5.41, 5.74) is 3.77. The van der Waals surface area contributed by atoms with Gasteiger partial charge in [0.25, 0.3) is 0 Å². The van der Waals surface area contributed by atoms with Crippen molar-refractivity contribution < 1.29 is 19.1 Å². The molecule has 0 aliphatic rings. The zero-order valence-electron chi connectivity index (χ0n) is 17.9. The van der Waals surface area contributed by atoms with Crippen molar-refractivity contribution in [3.63, 3.8) is 0 Å². The van der Waals surface area contributed by atoms with E-state index in [1.807, 2.05) is 18.2 Å². The quantitative estimate of drug-likeness (QED) is 0.687. The van der Waals surface area contributed by atoms with Gasteiger partial charge in [0.2, 0.25) is 11.8 Å².